The number of carboxylic acid groups (broad SMARTS) is 1. The fraction of sp³-hybridized carbons (Fsp3) is 0.250. The first-order valence-electron chi connectivity index (χ1n) is 11.8. The number of aliphatic carboxylic acids is 1. The number of anilines is 1. The standard InChI is InChI=1S/C28H24BrClN2O6/c1-14-9-10-17(13-19(14)30)32-25(33)21-22(26(32)34)28(27(35)36,16-7-5-4-6-8-16)31-23(21)15-11-18(29)24(38-3)20(12-15)37-2/h4-13,21-23,31H,1-3H3,(H,35,36). The van der Waals surface area contributed by atoms with Gasteiger partial charge < -0.3 is 14.6 Å². The maximum atomic E-state index is 14.1. The molecule has 2 heterocycles. The molecule has 38 heavy (non-hydrogen) atoms. The molecule has 2 N–H and O–H groups in total. The lowest BCUT2D eigenvalue weighted by Crippen LogP contribution is -2.53. The first-order valence-corrected chi connectivity index (χ1v) is 12.9. The summed E-state index contributed by atoms with van der Waals surface area (Å²) in [5, 5.41) is 14.3. The van der Waals surface area contributed by atoms with E-state index in [1.165, 1.54) is 14.2 Å². The molecule has 0 aliphatic carbocycles. The largest absolute Gasteiger partial charge is 0.493 e. The zero-order valence-corrected chi connectivity index (χ0v) is 23.0. The summed E-state index contributed by atoms with van der Waals surface area (Å²) >= 11 is 9.81. The van der Waals surface area contributed by atoms with Crippen molar-refractivity contribution in [1.82, 2.24) is 5.32 Å². The van der Waals surface area contributed by atoms with Crippen molar-refractivity contribution in [2.75, 3.05) is 19.1 Å². The van der Waals surface area contributed by atoms with E-state index in [0.717, 1.165) is 10.5 Å². The monoisotopic (exact) mass is 598 g/mol. The molecule has 2 aliphatic rings. The van der Waals surface area contributed by atoms with Gasteiger partial charge in [0.25, 0.3) is 0 Å². The van der Waals surface area contributed by atoms with Crippen LogP contribution in [0.15, 0.2) is 65.1 Å². The van der Waals surface area contributed by atoms with E-state index >= 15 is 0 Å². The molecule has 0 aromatic heterocycles. The average Bonchev–Trinajstić information content (AvgIpc) is 3.40. The Kier molecular flexibility index (Phi) is 6.71. The molecule has 4 atom stereocenters. The molecule has 0 saturated carbocycles. The fourth-order valence-corrected chi connectivity index (χ4v) is 6.37. The first-order chi connectivity index (χ1) is 18.1. The molecule has 2 saturated heterocycles. The maximum absolute atomic E-state index is 14.1. The second-order valence-electron chi connectivity index (χ2n) is 9.29. The third kappa shape index (κ3) is 3.80. The van der Waals surface area contributed by atoms with Crippen LogP contribution in [0.25, 0.3) is 0 Å². The number of halogens is 2. The molecule has 196 valence electrons. The summed E-state index contributed by atoms with van der Waals surface area (Å²) < 4.78 is 11.5. The van der Waals surface area contributed by atoms with Crippen molar-refractivity contribution in [3.8, 4) is 11.5 Å². The number of amides is 2. The normalized spacial score (nSPS) is 24.4. The highest BCUT2D eigenvalue weighted by molar-refractivity contribution is 9.10. The smallest absolute Gasteiger partial charge is 0.329 e. The molecular weight excluding hydrogens is 576 g/mol. The van der Waals surface area contributed by atoms with E-state index in [-0.39, 0.29) is 0 Å². The number of benzene rings is 3. The lowest BCUT2D eigenvalue weighted by molar-refractivity contribution is -0.149. The van der Waals surface area contributed by atoms with E-state index in [4.69, 9.17) is 21.1 Å². The number of carboxylic acids is 1. The van der Waals surface area contributed by atoms with Crippen molar-refractivity contribution < 1.29 is 29.0 Å². The van der Waals surface area contributed by atoms with Gasteiger partial charge in [0.15, 0.2) is 17.0 Å². The molecule has 0 spiro atoms. The van der Waals surface area contributed by atoms with Gasteiger partial charge in [0.2, 0.25) is 11.8 Å². The third-order valence-corrected chi connectivity index (χ3v) is 8.35. The van der Waals surface area contributed by atoms with Crippen LogP contribution < -0.4 is 19.7 Å². The topological polar surface area (TPSA) is 105 Å². The van der Waals surface area contributed by atoms with Crippen molar-refractivity contribution in [3.05, 3.63) is 86.8 Å². The number of nitrogens with zero attached hydrogens (tertiary/aromatic N) is 1. The number of rotatable bonds is 6. The summed E-state index contributed by atoms with van der Waals surface area (Å²) in [5.74, 6) is -3.80. The summed E-state index contributed by atoms with van der Waals surface area (Å²) in [7, 11) is 2.98. The van der Waals surface area contributed by atoms with Crippen LogP contribution >= 0.6 is 27.5 Å². The van der Waals surface area contributed by atoms with E-state index in [0.29, 0.717) is 37.8 Å². The minimum atomic E-state index is -1.87. The van der Waals surface area contributed by atoms with Crippen molar-refractivity contribution in [1.29, 1.82) is 0 Å². The third-order valence-electron chi connectivity index (χ3n) is 7.35. The average molecular weight is 600 g/mol. The minimum absolute atomic E-state index is 0.296. The molecule has 4 unspecified atom stereocenters. The van der Waals surface area contributed by atoms with Crippen LogP contribution in [0.5, 0.6) is 11.5 Å². The summed E-state index contributed by atoms with van der Waals surface area (Å²) in [6.45, 7) is 1.81. The molecule has 0 bridgehead atoms. The predicted octanol–water partition coefficient (Wildman–Crippen LogP) is 4.86. The first kappa shape index (κ1) is 26.2. The second-order valence-corrected chi connectivity index (χ2v) is 10.5. The Bertz CT molecular complexity index is 1470. The van der Waals surface area contributed by atoms with Crippen LogP contribution in [0.3, 0.4) is 0 Å². The molecule has 2 amide bonds. The van der Waals surface area contributed by atoms with Gasteiger partial charge in [-0.1, -0.05) is 48.0 Å². The molecule has 5 rings (SSSR count). The van der Waals surface area contributed by atoms with Gasteiger partial charge in [-0.25, -0.2) is 9.69 Å². The Morgan fingerprint density at radius 3 is 2.37 bits per heavy atom. The number of imide groups is 1. The number of fused-ring (bicyclic) bond motifs is 1. The van der Waals surface area contributed by atoms with Gasteiger partial charge in [-0.05, 0) is 63.8 Å². The molecule has 2 fully saturated rings. The molecule has 2 aliphatic heterocycles. The van der Waals surface area contributed by atoms with Gasteiger partial charge in [0.05, 0.1) is 36.2 Å². The highest BCUT2D eigenvalue weighted by Crippen LogP contribution is 2.55. The second kappa shape index (κ2) is 9.72. The lowest BCUT2D eigenvalue weighted by atomic mass is 9.75. The van der Waals surface area contributed by atoms with Crippen molar-refractivity contribution >= 4 is 51.0 Å². The Hall–Kier alpha value is -3.40. The number of nitrogens with one attached hydrogen (secondary N) is 1. The number of carbonyl (C=O) groups is 3. The molecule has 3 aromatic carbocycles. The summed E-state index contributed by atoms with van der Waals surface area (Å²) in [4.78, 5) is 42.3. The van der Waals surface area contributed by atoms with Gasteiger partial charge >= 0.3 is 5.97 Å². The number of methoxy groups -OCH3 is 2. The van der Waals surface area contributed by atoms with Crippen molar-refractivity contribution in [3.63, 3.8) is 0 Å². The summed E-state index contributed by atoms with van der Waals surface area (Å²) in [6.07, 6.45) is 0. The molecule has 0 radical (unpaired) electrons. The van der Waals surface area contributed by atoms with E-state index in [1.807, 2.05) is 6.92 Å². The van der Waals surface area contributed by atoms with Gasteiger partial charge in [-0.2, -0.15) is 0 Å². The fourth-order valence-electron chi connectivity index (χ4n) is 5.57. The van der Waals surface area contributed by atoms with Crippen LogP contribution in [0.4, 0.5) is 5.69 Å². The van der Waals surface area contributed by atoms with Gasteiger partial charge in [0, 0.05) is 11.1 Å². The predicted molar refractivity (Wildman–Crippen MR) is 145 cm³/mol. The van der Waals surface area contributed by atoms with Crippen LogP contribution in [0.1, 0.15) is 22.7 Å². The van der Waals surface area contributed by atoms with Crippen molar-refractivity contribution in [2.45, 2.75) is 18.5 Å². The summed E-state index contributed by atoms with van der Waals surface area (Å²) in [5.41, 5.74) is 0.146. The molecule has 3 aromatic rings. The Balaban J connectivity index is 1.73. The highest BCUT2D eigenvalue weighted by atomic mass is 79.9. The molecular formula is C28H24BrClN2O6. The Morgan fingerprint density at radius 1 is 1.05 bits per heavy atom. The van der Waals surface area contributed by atoms with E-state index in [9.17, 15) is 19.5 Å². The maximum Gasteiger partial charge on any atom is 0.329 e. The molecule has 8 nitrogen and oxygen atoms in total. The number of hydrogen-bond acceptors (Lipinski definition) is 6. The van der Waals surface area contributed by atoms with E-state index < -0.39 is 41.2 Å². The van der Waals surface area contributed by atoms with Crippen LogP contribution in [-0.2, 0) is 19.9 Å². The van der Waals surface area contributed by atoms with Gasteiger partial charge in [-0.15, -0.1) is 0 Å². The number of ether oxygens (including phenoxy) is 2. The Morgan fingerprint density at radius 2 is 1.76 bits per heavy atom. The SMILES string of the molecule is COc1cc(C2NC(C(=O)O)(c3ccccc3)C3C(=O)N(c4ccc(C)c(Cl)c4)C(=O)C23)cc(Br)c1OC. The van der Waals surface area contributed by atoms with Crippen molar-refractivity contribution in [2.24, 2.45) is 11.8 Å². The van der Waals surface area contributed by atoms with E-state index in [1.54, 1.807) is 60.7 Å². The summed E-state index contributed by atoms with van der Waals surface area (Å²) in [6, 6.07) is 16.0. The number of hydrogen-bond donors (Lipinski definition) is 2. The molecule has 10 heteroatoms. The quantitative estimate of drug-likeness (QED) is 0.390. The van der Waals surface area contributed by atoms with E-state index in [2.05, 4.69) is 21.2 Å². The van der Waals surface area contributed by atoms with Crippen LogP contribution in [0.2, 0.25) is 5.02 Å². The lowest BCUT2D eigenvalue weighted by Gasteiger charge is -2.31. The Labute approximate surface area is 232 Å². The van der Waals surface area contributed by atoms with Crippen LogP contribution in [0, 0.1) is 18.8 Å². The van der Waals surface area contributed by atoms with Crippen LogP contribution in [-0.4, -0.2) is 37.1 Å². The van der Waals surface area contributed by atoms with Gasteiger partial charge in [0.1, 0.15) is 0 Å². The van der Waals surface area contributed by atoms with Gasteiger partial charge in [-0.3, -0.25) is 14.9 Å². The number of carbonyl (C=O) groups excluding carboxylic acids is 2. The highest BCUT2D eigenvalue weighted by Gasteiger charge is 2.69. The minimum Gasteiger partial charge on any atom is -0.493 e. The number of aryl methyl sites for hydroxylation is 1. The zero-order chi connectivity index (χ0) is 27.4. The zero-order valence-electron chi connectivity index (χ0n) is 20.7.